The Bertz CT molecular complexity index is 817. The van der Waals surface area contributed by atoms with Crippen LogP contribution in [0, 0.1) is 6.92 Å². The SMILES string of the molecule is COc1ccc(CC(=O)N2CCN(c3ccc(Cl)cc3C)CC2)cc1OC. The molecular weight excluding hydrogens is 364 g/mol. The summed E-state index contributed by atoms with van der Waals surface area (Å²) in [6.45, 7) is 5.14. The second-order valence-electron chi connectivity index (χ2n) is 6.66. The second-order valence-corrected chi connectivity index (χ2v) is 7.10. The van der Waals surface area contributed by atoms with Gasteiger partial charge in [0, 0.05) is 36.9 Å². The smallest absolute Gasteiger partial charge is 0.227 e. The first-order valence-corrected chi connectivity index (χ1v) is 9.39. The zero-order valence-corrected chi connectivity index (χ0v) is 16.8. The van der Waals surface area contributed by atoms with Crippen LogP contribution in [0.2, 0.25) is 5.02 Å². The van der Waals surface area contributed by atoms with E-state index >= 15 is 0 Å². The number of rotatable bonds is 5. The van der Waals surface area contributed by atoms with Gasteiger partial charge >= 0.3 is 0 Å². The van der Waals surface area contributed by atoms with Gasteiger partial charge in [0.1, 0.15) is 0 Å². The molecule has 0 atom stereocenters. The maximum atomic E-state index is 12.7. The molecule has 0 aliphatic carbocycles. The molecule has 2 aromatic rings. The van der Waals surface area contributed by atoms with Crippen LogP contribution in [0.15, 0.2) is 36.4 Å². The Labute approximate surface area is 165 Å². The average Bonchev–Trinajstić information content (AvgIpc) is 2.68. The highest BCUT2D eigenvalue weighted by atomic mass is 35.5. The Hall–Kier alpha value is -2.40. The molecule has 144 valence electrons. The minimum absolute atomic E-state index is 0.134. The molecule has 1 aliphatic rings. The molecule has 0 radical (unpaired) electrons. The van der Waals surface area contributed by atoms with E-state index in [4.69, 9.17) is 21.1 Å². The molecule has 6 heteroatoms. The summed E-state index contributed by atoms with van der Waals surface area (Å²) in [5.41, 5.74) is 3.27. The normalized spacial score (nSPS) is 14.2. The van der Waals surface area contributed by atoms with Crippen LogP contribution < -0.4 is 14.4 Å². The van der Waals surface area contributed by atoms with Gasteiger partial charge in [0.05, 0.1) is 20.6 Å². The summed E-state index contributed by atoms with van der Waals surface area (Å²) in [7, 11) is 3.20. The molecular formula is C21H25ClN2O3. The number of nitrogens with zero attached hydrogens (tertiary/aromatic N) is 2. The van der Waals surface area contributed by atoms with Gasteiger partial charge in [0.2, 0.25) is 5.91 Å². The number of aryl methyl sites for hydroxylation is 1. The maximum Gasteiger partial charge on any atom is 0.227 e. The summed E-state index contributed by atoms with van der Waals surface area (Å²) in [6, 6.07) is 11.6. The van der Waals surface area contributed by atoms with E-state index in [-0.39, 0.29) is 5.91 Å². The number of hydrogen-bond donors (Lipinski definition) is 0. The van der Waals surface area contributed by atoms with E-state index in [1.54, 1.807) is 14.2 Å². The molecule has 0 aromatic heterocycles. The predicted molar refractivity (Wildman–Crippen MR) is 108 cm³/mol. The number of carbonyl (C=O) groups is 1. The van der Waals surface area contributed by atoms with Crippen LogP contribution >= 0.6 is 11.6 Å². The molecule has 27 heavy (non-hydrogen) atoms. The molecule has 0 N–H and O–H groups in total. The summed E-state index contributed by atoms with van der Waals surface area (Å²) >= 11 is 6.05. The van der Waals surface area contributed by atoms with Gasteiger partial charge in [-0.3, -0.25) is 4.79 Å². The molecule has 5 nitrogen and oxygen atoms in total. The van der Waals surface area contributed by atoms with Crippen LogP contribution in [-0.2, 0) is 11.2 Å². The minimum atomic E-state index is 0.134. The van der Waals surface area contributed by atoms with Gasteiger partial charge in [-0.25, -0.2) is 0 Å². The van der Waals surface area contributed by atoms with Crippen molar-refractivity contribution in [3.05, 3.63) is 52.5 Å². The Morgan fingerprint density at radius 2 is 1.70 bits per heavy atom. The van der Waals surface area contributed by atoms with Crippen LogP contribution in [0.25, 0.3) is 0 Å². The zero-order valence-electron chi connectivity index (χ0n) is 16.0. The van der Waals surface area contributed by atoms with Crippen molar-refractivity contribution in [3.8, 4) is 11.5 Å². The molecule has 0 saturated carbocycles. The Balaban J connectivity index is 1.60. The number of carbonyl (C=O) groups excluding carboxylic acids is 1. The quantitative estimate of drug-likeness (QED) is 0.785. The predicted octanol–water partition coefficient (Wildman–Crippen LogP) is 3.56. The van der Waals surface area contributed by atoms with Crippen LogP contribution in [0.3, 0.4) is 0 Å². The first kappa shape index (κ1) is 19.4. The molecule has 2 aromatic carbocycles. The monoisotopic (exact) mass is 388 g/mol. The van der Waals surface area contributed by atoms with Gasteiger partial charge in [-0.2, -0.15) is 0 Å². The topological polar surface area (TPSA) is 42.0 Å². The van der Waals surface area contributed by atoms with E-state index in [0.29, 0.717) is 31.0 Å². The Morgan fingerprint density at radius 1 is 1.00 bits per heavy atom. The van der Waals surface area contributed by atoms with Gasteiger partial charge in [0.15, 0.2) is 11.5 Å². The first-order chi connectivity index (χ1) is 13.0. The van der Waals surface area contributed by atoms with Gasteiger partial charge in [-0.15, -0.1) is 0 Å². The van der Waals surface area contributed by atoms with Crippen LogP contribution in [-0.4, -0.2) is 51.2 Å². The number of ether oxygens (including phenoxy) is 2. The van der Waals surface area contributed by atoms with Crippen molar-refractivity contribution in [2.24, 2.45) is 0 Å². The molecule has 1 saturated heterocycles. The first-order valence-electron chi connectivity index (χ1n) is 9.01. The molecule has 1 aliphatic heterocycles. The van der Waals surface area contributed by atoms with E-state index in [1.165, 1.54) is 5.69 Å². The summed E-state index contributed by atoms with van der Waals surface area (Å²) in [5.74, 6) is 1.45. The third-order valence-electron chi connectivity index (χ3n) is 4.94. The van der Waals surface area contributed by atoms with Crippen molar-refractivity contribution in [2.45, 2.75) is 13.3 Å². The third kappa shape index (κ3) is 4.48. The zero-order chi connectivity index (χ0) is 19.4. The van der Waals surface area contributed by atoms with Crippen molar-refractivity contribution in [3.63, 3.8) is 0 Å². The molecule has 0 spiro atoms. The van der Waals surface area contributed by atoms with Crippen molar-refractivity contribution >= 4 is 23.2 Å². The molecule has 1 fully saturated rings. The van der Waals surface area contributed by atoms with Gasteiger partial charge in [-0.1, -0.05) is 17.7 Å². The summed E-state index contributed by atoms with van der Waals surface area (Å²) < 4.78 is 10.6. The highest BCUT2D eigenvalue weighted by Crippen LogP contribution is 2.28. The maximum absolute atomic E-state index is 12.7. The number of amides is 1. The van der Waals surface area contributed by atoms with Crippen molar-refractivity contribution < 1.29 is 14.3 Å². The van der Waals surface area contributed by atoms with E-state index in [9.17, 15) is 4.79 Å². The van der Waals surface area contributed by atoms with Crippen LogP contribution in [0.4, 0.5) is 5.69 Å². The van der Waals surface area contributed by atoms with Crippen molar-refractivity contribution in [1.82, 2.24) is 4.90 Å². The van der Waals surface area contributed by atoms with Crippen LogP contribution in [0.5, 0.6) is 11.5 Å². The number of methoxy groups -OCH3 is 2. The van der Waals surface area contributed by atoms with Crippen LogP contribution in [0.1, 0.15) is 11.1 Å². The summed E-state index contributed by atoms with van der Waals surface area (Å²) in [6.07, 6.45) is 0.361. The number of hydrogen-bond acceptors (Lipinski definition) is 4. The second kappa shape index (κ2) is 8.53. The van der Waals surface area contributed by atoms with E-state index in [2.05, 4.69) is 17.9 Å². The van der Waals surface area contributed by atoms with Gasteiger partial charge < -0.3 is 19.3 Å². The minimum Gasteiger partial charge on any atom is -0.493 e. The molecule has 1 amide bonds. The van der Waals surface area contributed by atoms with E-state index in [1.807, 2.05) is 35.2 Å². The average molecular weight is 389 g/mol. The molecule has 0 unspecified atom stereocenters. The van der Waals surface area contributed by atoms with Gasteiger partial charge in [0.25, 0.3) is 0 Å². The molecule has 1 heterocycles. The number of halogens is 1. The summed E-state index contributed by atoms with van der Waals surface area (Å²) in [4.78, 5) is 16.9. The number of anilines is 1. The fourth-order valence-electron chi connectivity index (χ4n) is 3.45. The molecule has 3 rings (SSSR count). The lowest BCUT2D eigenvalue weighted by atomic mass is 10.1. The highest BCUT2D eigenvalue weighted by Gasteiger charge is 2.22. The van der Waals surface area contributed by atoms with Crippen molar-refractivity contribution in [1.29, 1.82) is 0 Å². The fourth-order valence-corrected chi connectivity index (χ4v) is 3.67. The summed E-state index contributed by atoms with van der Waals surface area (Å²) in [5, 5.41) is 0.750. The lowest BCUT2D eigenvalue weighted by Crippen LogP contribution is -2.49. The highest BCUT2D eigenvalue weighted by molar-refractivity contribution is 6.30. The van der Waals surface area contributed by atoms with E-state index < -0.39 is 0 Å². The fraction of sp³-hybridized carbons (Fsp3) is 0.381. The lowest BCUT2D eigenvalue weighted by Gasteiger charge is -2.37. The lowest BCUT2D eigenvalue weighted by molar-refractivity contribution is -0.130. The molecule has 0 bridgehead atoms. The van der Waals surface area contributed by atoms with E-state index in [0.717, 1.165) is 29.2 Å². The Morgan fingerprint density at radius 3 is 2.33 bits per heavy atom. The largest absolute Gasteiger partial charge is 0.493 e. The third-order valence-corrected chi connectivity index (χ3v) is 5.17. The standard InChI is InChI=1S/C21H25ClN2O3/c1-15-12-17(22)5-6-18(15)23-8-10-24(11-9-23)21(25)14-16-4-7-19(26-2)20(13-16)27-3/h4-7,12-13H,8-11,14H2,1-3H3. The number of benzene rings is 2. The number of piperazine rings is 1. The Kier molecular flexibility index (Phi) is 6.11. The van der Waals surface area contributed by atoms with Crippen molar-refractivity contribution in [2.75, 3.05) is 45.3 Å². The van der Waals surface area contributed by atoms with Gasteiger partial charge in [-0.05, 0) is 48.4 Å².